The number of carbonyl (C=O) groups excluding carboxylic acids is 1. The Labute approximate surface area is 202 Å². The van der Waals surface area contributed by atoms with Gasteiger partial charge in [-0.05, 0) is 57.4 Å². The van der Waals surface area contributed by atoms with E-state index in [4.69, 9.17) is 4.74 Å². The number of carbonyl (C=O) groups is 2. The van der Waals surface area contributed by atoms with E-state index < -0.39 is 29.1 Å². The standard InChI is InChI=1S/C26H40N2O6/c1-16-19(11-13-27(7,32)25(16,3)4)21-15-18(23(29)30)9-10-20(21)24(31)34-22-12-14-28(8,33)26(5,6)17(22)2/h9-10,15-17,19,22H,11-14H2,1-8H3,(H,29,30). The number of quaternary nitrogens is 2. The maximum atomic E-state index is 13.5. The number of nitrogens with zero attached hydrogens (tertiary/aromatic N) is 2. The van der Waals surface area contributed by atoms with E-state index in [0.717, 1.165) is 0 Å². The topological polar surface area (TPSA) is 110 Å². The molecule has 6 atom stereocenters. The van der Waals surface area contributed by atoms with Crippen molar-refractivity contribution in [3.63, 3.8) is 0 Å². The number of carboxylic acids is 1. The number of hydrogen-bond donors (Lipinski definition) is 1. The molecule has 34 heavy (non-hydrogen) atoms. The van der Waals surface area contributed by atoms with E-state index in [1.54, 1.807) is 20.2 Å². The summed E-state index contributed by atoms with van der Waals surface area (Å²) in [7, 11) is 3.33. The number of hydrogen-bond acceptors (Lipinski definition) is 5. The summed E-state index contributed by atoms with van der Waals surface area (Å²) in [5.74, 6) is -1.97. The van der Waals surface area contributed by atoms with Gasteiger partial charge in [-0.3, -0.25) is 0 Å². The van der Waals surface area contributed by atoms with Crippen molar-refractivity contribution in [2.45, 2.75) is 77.5 Å². The molecule has 2 aliphatic rings. The first-order valence-electron chi connectivity index (χ1n) is 12.2. The van der Waals surface area contributed by atoms with Gasteiger partial charge in [0.15, 0.2) is 0 Å². The third-order valence-corrected chi connectivity index (χ3v) is 9.71. The predicted octanol–water partition coefficient (Wildman–Crippen LogP) is 4.52. The fourth-order valence-corrected chi connectivity index (χ4v) is 5.62. The van der Waals surface area contributed by atoms with Gasteiger partial charge in [-0.2, -0.15) is 0 Å². The average Bonchev–Trinajstić information content (AvgIpc) is 2.73. The van der Waals surface area contributed by atoms with E-state index >= 15 is 0 Å². The quantitative estimate of drug-likeness (QED) is 0.389. The minimum atomic E-state index is -1.07. The second-order valence-electron chi connectivity index (χ2n) is 11.8. The summed E-state index contributed by atoms with van der Waals surface area (Å²) in [6, 6.07) is 4.53. The minimum Gasteiger partial charge on any atom is -0.633 e. The van der Waals surface area contributed by atoms with Gasteiger partial charge in [-0.25, -0.2) is 9.59 Å². The van der Waals surface area contributed by atoms with Crippen molar-refractivity contribution in [1.82, 2.24) is 0 Å². The smallest absolute Gasteiger partial charge is 0.338 e. The summed E-state index contributed by atoms with van der Waals surface area (Å²) in [6.07, 6.45) is 0.612. The van der Waals surface area contributed by atoms with E-state index in [2.05, 4.69) is 0 Å². The molecule has 2 aliphatic heterocycles. The molecule has 2 fully saturated rings. The molecule has 0 saturated carbocycles. The van der Waals surface area contributed by atoms with Crippen molar-refractivity contribution < 1.29 is 28.7 Å². The number of benzene rings is 1. The predicted molar refractivity (Wildman–Crippen MR) is 130 cm³/mol. The van der Waals surface area contributed by atoms with Crippen molar-refractivity contribution in [2.75, 3.05) is 27.2 Å². The van der Waals surface area contributed by atoms with Gasteiger partial charge in [-0.1, -0.05) is 13.8 Å². The average molecular weight is 477 g/mol. The highest BCUT2D eigenvalue weighted by Gasteiger charge is 2.50. The van der Waals surface area contributed by atoms with E-state index in [0.29, 0.717) is 37.1 Å². The summed E-state index contributed by atoms with van der Waals surface area (Å²) in [5, 5.41) is 35.6. The van der Waals surface area contributed by atoms with Crippen LogP contribution in [0.2, 0.25) is 0 Å². The van der Waals surface area contributed by atoms with Gasteiger partial charge >= 0.3 is 11.9 Å². The zero-order valence-corrected chi connectivity index (χ0v) is 21.8. The van der Waals surface area contributed by atoms with Gasteiger partial charge in [0.05, 0.1) is 49.4 Å². The molecule has 0 aliphatic carbocycles. The van der Waals surface area contributed by atoms with Crippen LogP contribution in [0.3, 0.4) is 0 Å². The highest BCUT2D eigenvalue weighted by molar-refractivity contribution is 5.94. The van der Waals surface area contributed by atoms with E-state index in [1.165, 1.54) is 12.1 Å². The molecule has 0 aromatic heterocycles. The molecule has 8 nitrogen and oxygen atoms in total. The van der Waals surface area contributed by atoms with Crippen LogP contribution in [0, 0.1) is 22.3 Å². The van der Waals surface area contributed by atoms with Crippen molar-refractivity contribution in [3.05, 3.63) is 45.3 Å². The van der Waals surface area contributed by atoms with Gasteiger partial charge in [0.25, 0.3) is 0 Å². The summed E-state index contributed by atoms with van der Waals surface area (Å²) < 4.78 is 5.21. The summed E-state index contributed by atoms with van der Waals surface area (Å²) in [4.78, 5) is 25.2. The largest absolute Gasteiger partial charge is 0.633 e. The third-order valence-electron chi connectivity index (χ3n) is 9.71. The van der Waals surface area contributed by atoms with Gasteiger partial charge < -0.3 is 29.6 Å². The highest BCUT2D eigenvalue weighted by Crippen LogP contribution is 2.47. The number of likely N-dealkylation sites (tertiary alicyclic amines) is 2. The fourth-order valence-electron chi connectivity index (χ4n) is 5.62. The molecule has 1 N–H and O–H groups in total. The first-order chi connectivity index (χ1) is 15.4. The number of piperidine rings is 2. The Morgan fingerprint density at radius 1 is 0.971 bits per heavy atom. The van der Waals surface area contributed by atoms with Crippen LogP contribution in [0.4, 0.5) is 0 Å². The Hall–Kier alpha value is -2.00. The van der Waals surface area contributed by atoms with Crippen LogP contribution in [0.15, 0.2) is 18.2 Å². The monoisotopic (exact) mass is 476 g/mol. The third kappa shape index (κ3) is 4.26. The SMILES string of the molecule is CC1C(OC(=O)c2ccc(C(=O)O)cc2C2CC[N+](C)([O-])C(C)(C)C2C)CC[N+](C)([O-])C1(C)C. The Balaban J connectivity index is 1.97. The fraction of sp³-hybridized carbons (Fsp3) is 0.692. The summed E-state index contributed by atoms with van der Waals surface area (Å²) in [5.41, 5.74) is -0.153. The number of ether oxygens (including phenoxy) is 1. The van der Waals surface area contributed by atoms with Crippen LogP contribution in [0.1, 0.15) is 86.6 Å². The first-order valence-corrected chi connectivity index (χ1v) is 12.2. The van der Waals surface area contributed by atoms with Crippen LogP contribution < -0.4 is 0 Å². The molecule has 6 unspecified atom stereocenters. The van der Waals surface area contributed by atoms with Crippen LogP contribution in [-0.4, -0.2) is 70.7 Å². The molecule has 8 heteroatoms. The molecule has 0 radical (unpaired) electrons. The molecule has 3 rings (SSSR count). The number of rotatable bonds is 4. The van der Waals surface area contributed by atoms with Crippen LogP contribution in [-0.2, 0) is 4.74 Å². The molecule has 0 amide bonds. The van der Waals surface area contributed by atoms with E-state index in [1.807, 2.05) is 41.5 Å². The molecule has 190 valence electrons. The zero-order valence-electron chi connectivity index (χ0n) is 21.8. The van der Waals surface area contributed by atoms with E-state index in [9.17, 15) is 25.1 Å². The molecular formula is C26H40N2O6. The Kier molecular flexibility index (Phi) is 6.72. The number of esters is 1. The normalized spacial score (nSPS) is 37.1. The van der Waals surface area contributed by atoms with Gasteiger partial charge in [-0.15, -0.1) is 0 Å². The minimum absolute atomic E-state index is 0.0923. The van der Waals surface area contributed by atoms with Crippen molar-refractivity contribution in [2.24, 2.45) is 11.8 Å². The van der Waals surface area contributed by atoms with Crippen LogP contribution in [0.25, 0.3) is 0 Å². The summed E-state index contributed by atoms with van der Waals surface area (Å²) >= 11 is 0. The second-order valence-corrected chi connectivity index (χ2v) is 11.8. The molecule has 0 bridgehead atoms. The lowest BCUT2D eigenvalue weighted by Gasteiger charge is -2.59. The maximum absolute atomic E-state index is 13.5. The molecule has 1 aromatic carbocycles. The van der Waals surface area contributed by atoms with E-state index in [-0.39, 0.29) is 32.6 Å². The lowest BCUT2D eigenvalue weighted by atomic mass is 9.69. The Morgan fingerprint density at radius 2 is 1.50 bits per heavy atom. The molecule has 0 spiro atoms. The first kappa shape index (κ1) is 26.6. The van der Waals surface area contributed by atoms with Crippen LogP contribution >= 0.6 is 0 Å². The Morgan fingerprint density at radius 3 is 2.06 bits per heavy atom. The van der Waals surface area contributed by atoms with Crippen molar-refractivity contribution >= 4 is 11.9 Å². The molecule has 1 aromatic rings. The van der Waals surface area contributed by atoms with Gasteiger partial charge in [0.2, 0.25) is 0 Å². The zero-order chi connectivity index (χ0) is 25.9. The molecular weight excluding hydrogens is 436 g/mol. The van der Waals surface area contributed by atoms with Gasteiger partial charge in [0.1, 0.15) is 6.10 Å². The number of carboxylic acid groups (broad SMARTS) is 1. The maximum Gasteiger partial charge on any atom is 0.338 e. The summed E-state index contributed by atoms with van der Waals surface area (Å²) in [6.45, 7) is 12.3. The van der Waals surface area contributed by atoms with Crippen molar-refractivity contribution in [1.29, 1.82) is 0 Å². The molecule has 2 saturated heterocycles. The van der Waals surface area contributed by atoms with Gasteiger partial charge in [0, 0.05) is 24.7 Å². The number of hydroxylamine groups is 6. The second kappa shape index (κ2) is 8.59. The van der Waals surface area contributed by atoms with Crippen LogP contribution in [0.5, 0.6) is 0 Å². The number of aromatic carboxylic acids is 1. The lowest BCUT2D eigenvalue weighted by Crippen LogP contribution is -2.65. The highest BCUT2D eigenvalue weighted by atomic mass is 16.6. The lowest BCUT2D eigenvalue weighted by molar-refractivity contribution is -0.921. The van der Waals surface area contributed by atoms with Crippen molar-refractivity contribution in [3.8, 4) is 0 Å². The molecule has 2 heterocycles. The Bertz CT molecular complexity index is 968.